The average Bonchev–Trinajstić information content (AvgIpc) is 3.02. The van der Waals surface area contributed by atoms with Crippen molar-refractivity contribution in [2.45, 2.75) is 30.3 Å². The fraction of sp³-hybridized carbons (Fsp3) is 0.455. The van der Waals surface area contributed by atoms with E-state index in [2.05, 4.69) is 10.0 Å². The number of hydrogen-bond donors (Lipinski definition) is 2. The van der Waals surface area contributed by atoms with Crippen molar-refractivity contribution >= 4 is 10.0 Å². The van der Waals surface area contributed by atoms with Crippen molar-refractivity contribution in [1.29, 1.82) is 0 Å². The molecule has 1 fully saturated rings. The molecule has 1 aliphatic rings. The van der Waals surface area contributed by atoms with Crippen molar-refractivity contribution in [1.82, 2.24) is 10.0 Å². The zero-order valence-corrected chi connectivity index (χ0v) is 10.0. The number of rotatable bonds is 5. The lowest BCUT2D eigenvalue weighted by Crippen LogP contribution is -2.25. The van der Waals surface area contributed by atoms with E-state index in [0.29, 0.717) is 11.4 Å². The van der Waals surface area contributed by atoms with Crippen LogP contribution in [0.2, 0.25) is 0 Å². The van der Waals surface area contributed by atoms with Crippen LogP contribution in [0, 0.1) is 0 Å². The van der Waals surface area contributed by atoms with Crippen molar-refractivity contribution in [3.8, 4) is 0 Å². The monoisotopic (exact) mass is 240 g/mol. The van der Waals surface area contributed by atoms with Crippen molar-refractivity contribution in [3.63, 3.8) is 0 Å². The van der Waals surface area contributed by atoms with Gasteiger partial charge in [-0.2, -0.15) is 0 Å². The molecule has 0 aromatic heterocycles. The van der Waals surface area contributed by atoms with Gasteiger partial charge in [0, 0.05) is 12.6 Å². The molecule has 2 N–H and O–H groups in total. The average molecular weight is 240 g/mol. The molecule has 1 aromatic carbocycles. The quantitative estimate of drug-likeness (QED) is 0.802. The Bertz CT molecular complexity index is 467. The lowest BCUT2D eigenvalue weighted by atomic mass is 10.2. The molecule has 0 atom stereocenters. The highest BCUT2D eigenvalue weighted by Crippen LogP contribution is 2.22. The fourth-order valence-corrected chi connectivity index (χ4v) is 2.89. The van der Waals surface area contributed by atoms with Gasteiger partial charge in [-0.25, -0.2) is 13.1 Å². The third kappa shape index (κ3) is 2.81. The number of sulfonamides is 1. The Kier molecular flexibility index (Phi) is 3.28. The van der Waals surface area contributed by atoms with Gasteiger partial charge in [-0.05, 0) is 37.6 Å². The number of benzene rings is 1. The van der Waals surface area contributed by atoms with Crippen LogP contribution in [0.3, 0.4) is 0 Å². The maximum Gasteiger partial charge on any atom is 0.240 e. The highest BCUT2D eigenvalue weighted by Gasteiger charge is 2.27. The summed E-state index contributed by atoms with van der Waals surface area (Å²) in [5, 5.41) is 3.00. The molecule has 0 radical (unpaired) electrons. The largest absolute Gasteiger partial charge is 0.316 e. The van der Waals surface area contributed by atoms with E-state index in [0.717, 1.165) is 18.4 Å². The van der Waals surface area contributed by atoms with Crippen LogP contribution < -0.4 is 10.0 Å². The summed E-state index contributed by atoms with van der Waals surface area (Å²) in [7, 11) is -1.48. The van der Waals surface area contributed by atoms with E-state index >= 15 is 0 Å². The van der Waals surface area contributed by atoms with E-state index in [4.69, 9.17) is 0 Å². The van der Waals surface area contributed by atoms with Crippen molar-refractivity contribution < 1.29 is 8.42 Å². The summed E-state index contributed by atoms with van der Waals surface area (Å²) >= 11 is 0. The predicted molar refractivity (Wildman–Crippen MR) is 62.5 cm³/mol. The minimum absolute atomic E-state index is 0.151. The maximum atomic E-state index is 11.9. The van der Waals surface area contributed by atoms with Crippen LogP contribution >= 0.6 is 0 Å². The second-order valence-electron chi connectivity index (χ2n) is 4.07. The number of nitrogens with one attached hydrogen (secondary N) is 2. The summed E-state index contributed by atoms with van der Waals surface area (Å²) in [5.74, 6) is 0. The molecule has 1 saturated carbocycles. The summed E-state index contributed by atoms with van der Waals surface area (Å²) < 4.78 is 26.5. The van der Waals surface area contributed by atoms with Crippen molar-refractivity contribution in [2.24, 2.45) is 0 Å². The van der Waals surface area contributed by atoms with Gasteiger partial charge in [0.1, 0.15) is 0 Å². The van der Waals surface area contributed by atoms with E-state index in [1.807, 2.05) is 13.1 Å². The molecule has 5 heteroatoms. The minimum Gasteiger partial charge on any atom is -0.316 e. The molecule has 16 heavy (non-hydrogen) atoms. The van der Waals surface area contributed by atoms with E-state index in [1.165, 1.54) is 0 Å². The lowest BCUT2D eigenvalue weighted by molar-refractivity contribution is 0.581. The maximum absolute atomic E-state index is 11.9. The first-order valence-corrected chi connectivity index (χ1v) is 6.86. The second-order valence-corrected chi connectivity index (χ2v) is 5.79. The van der Waals surface area contributed by atoms with E-state index in [1.54, 1.807) is 18.2 Å². The van der Waals surface area contributed by atoms with Gasteiger partial charge in [0.15, 0.2) is 0 Å². The first kappa shape index (κ1) is 11.6. The molecule has 0 spiro atoms. The summed E-state index contributed by atoms with van der Waals surface area (Å²) in [5.41, 5.74) is 0.973. The first-order chi connectivity index (χ1) is 7.62. The summed E-state index contributed by atoms with van der Waals surface area (Å²) in [6.07, 6.45) is 1.91. The molecule has 2 rings (SSSR count). The Labute approximate surface area is 96.1 Å². The third-order valence-corrected chi connectivity index (χ3v) is 4.01. The van der Waals surface area contributed by atoms with Gasteiger partial charge in [0.05, 0.1) is 4.90 Å². The molecule has 0 unspecified atom stereocenters. The SMILES string of the molecule is CNCc1cccc(S(=O)(=O)NC2CC2)c1. The Morgan fingerprint density at radius 2 is 2.12 bits per heavy atom. The van der Waals surface area contributed by atoms with Crippen molar-refractivity contribution in [3.05, 3.63) is 29.8 Å². The first-order valence-electron chi connectivity index (χ1n) is 5.38. The Morgan fingerprint density at radius 1 is 1.38 bits per heavy atom. The van der Waals surface area contributed by atoms with Gasteiger partial charge < -0.3 is 5.32 Å². The zero-order chi connectivity index (χ0) is 11.6. The molecule has 88 valence electrons. The topological polar surface area (TPSA) is 58.2 Å². The molecule has 0 saturated heterocycles. The van der Waals surface area contributed by atoms with Crippen molar-refractivity contribution in [2.75, 3.05) is 7.05 Å². The van der Waals surface area contributed by atoms with Crippen LogP contribution in [0.4, 0.5) is 0 Å². The van der Waals surface area contributed by atoms with Gasteiger partial charge in [0.2, 0.25) is 10.0 Å². The Balaban J connectivity index is 2.21. The highest BCUT2D eigenvalue weighted by atomic mass is 32.2. The Hall–Kier alpha value is -0.910. The van der Waals surface area contributed by atoms with Gasteiger partial charge in [-0.15, -0.1) is 0 Å². The van der Waals surface area contributed by atoms with Crippen LogP contribution in [-0.2, 0) is 16.6 Å². The van der Waals surface area contributed by atoms with Gasteiger partial charge in [-0.1, -0.05) is 12.1 Å². The zero-order valence-electron chi connectivity index (χ0n) is 9.23. The number of hydrogen-bond acceptors (Lipinski definition) is 3. The van der Waals surface area contributed by atoms with Crippen LogP contribution in [0.1, 0.15) is 18.4 Å². The van der Waals surface area contributed by atoms with Crippen LogP contribution in [0.15, 0.2) is 29.2 Å². The van der Waals surface area contributed by atoms with Gasteiger partial charge in [0.25, 0.3) is 0 Å². The Morgan fingerprint density at radius 3 is 2.75 bits per heavy atom. The van der Waals surface area contributed by atoms with E-state index in [-0.39, 0.29) is 6.04 Å². The van der Waals surface area contributed by atoms with Crippen LogP contribution in [-0.4, -0.2) is 21.5 Å². The van der Waals surface area contributed by atoms with E-state index in [9.17, 15) is 8.42 Å². The van der Waals surface area contributed by atoms with Crippen LogP contribution in [0.5, 0.6) is 0 Å². The molecule has 0 heterocycles. The molecular weight excluding hydrogens is 224 g/mol. The molecule has 0 aliphatic heterocycles. The van der Waals surface area contributed by atoms with Gasteiger partial charge >= 0.3 is 0 Å². The lowest BCUT2D eigenvalue weighted by Gasteiger charge is -2.07. The van der Waals surface area contributed by atoms with Gasteiger partial charge in [-0.3, -0.25) is 0 Å². The molecule has 1 aromatic rings. The smallest absolute Gasteiger partial charge is 0.240 e. The predicted octanol–water partition coefficient (Wildman–Crippen LogP) is 0.847. The minimum atomic E-state index is -3.32. The molecule has 0 bridgehead atoms. The standard InChI is InChI=1S/C11H16N2O2S/c1-12-8-9-3-2-4-11(7-9)16(14,15)13-10-5-6-10/h2-4,7,10,12-13H,5-6,8H2,1H3. The van der Waals surface area contributed by atoms with E-state index < -0.39 is 10.0 Å². The second kappa shape index (κ2) is 4.53. The molecule has 0 amide bonds. The molecular formula is C11H16N2O2S. The molecule has 4 nitrogen and oxygen atoms in total. The van der Waals surface area contributed by atoms with Crippen LogP contribution in [0.25, 0.3) is 0 Å². The highest BCUT2D eigenvalue weighted by molar-refractivity contribution is 7.89. The summed E-state index contributed by atoms with van der Waals surface area (Å²) in [6, 6.07) is 7.17. The normalized spacial score (nSPS) is 16.3. The molecule has 1 aliphatic carbocycles. The third-order valence-electron chi connectivity index (χ3n) is 2.49. The summed E-state index contributed by atoms with van der Waals surface area (Å²) in [4.78, 5) is 0.354. The fourth-order valence-electron chi connectivity index (χ4n) is 1.52. The summed E-state index contributed by atoms with van der Waals surface area (Å²) in [6.45, 7) is 0.673.